The zero-order valence-corrected chi connectivity index (χ0v) is 23.9. The van der Waals surface area contributed by atoms with Gasteiger partial charge in [0.05, 0.1) is 36.9 Å². The number of ether oxygens (including phenoxy) is 2. The number of imidazole rings is 2. The van der Waals surface area contributed by atoms with E-state index < -0.39 is 83.6 Å². The number of alkyl halides is 1. The van der Waals surface area contributed by atoms with Crippen LogP contribution in [0.2, 0.25) is 0 Å². The Hall–Kier alpha value is -3.13. The number of halogens is 1. The second-order valence-corrected chi connectivity index (χ2v) is 13.0. The number of nitrogens with two attached hydrogens (primary N) is 1. The smallest absolute Gasteiger partial charge is 0.386 e. The standard InChI is InChI=1S/C22H24FN7O12P2/c23-13-16-11(39-20(13)30-8-26-14-18(30)27-22(24)28-19(14)32)5-37-44(35,36)42-17-12(6-38-43(33,34)41-16)40-21(15(17)31)29-7-25-9-3-1-2-4-10(9)29/h1-4,7-8,11-13,15-17,20-21,31H,5-6H2,(H,33,34)(H,35,36)(H3,24,27,28,32)/t11-,12-,13?,15?,16?,17?,20-,21-/m1/s1. The molecule has 3 fully saturated rings. The van der Waals surface area contributed by atoms with Crippen LogP contribution >= 0.6 is 15.6 Å². The maximum absolute atomic E-state index is 15.9. The minimum absolute atomic E-state index is 0.170. The number of H-pyrrole nitrogens is 1. The van der Waals surface area contributed by atoms with Crippen molar-refractivity contribution in [2.75, 3.05) is 18.9 Å². The summed E-state index contributed by atoms with van der Waals surface area (Å²) in [6.07, 6.45) is -10.8. The van der Waals surface area contributed by atoms with Crippen LogP contribution in [-0.4, -0.2) is 93.9 Å². The van der Waals surface area contributed by atoms with Crippen LogP contribution in [0.15, 0.2) is 41.7 Å². The number of hydrogen-bond donors (Lipinski definition) is 5. The van der Waals surface area contributed by atoms with E-state index in [1.807, 2.05) is 0 Å². The minimum atomic E-state index is -5.09. The number of anilines is 1. The fourth-order valence-corrected chi connectivity index (χ4v) is 7.33. The van der Waals surface area contributed by atoms with Gasteiger partial charge in [-0.05, 0) is 12.1 Å². The van der Waals surface area contributed by atoms with Crippen molar-refractivity contribution in [2.24, 2.45) is 0 Å². The third kappa shape index (κ3) is 5.17. The first kappa shape index (κ1) is 29.6. The normalized spacial score (nSPS) is 38.3. The van der Waals surface area contributed by atoms with Gasteiger partial charge in [0.1, 0.15) is 30.5 Å². The van der Waals surface area contributed by atoms with Crippen molar-refractivity contribution in [3.8, 4) is 0 Å². The number of aromatic nitrogens is 6. The molecule has 7 rings (SSSR count). The van der Waals surface area contributed by atoms with Crippen LogP contribution in [0.4, 0.5) is 10.3 Å². The SMILES string of the molecule is Nc1nc2c(ncn2[C@@H]2O[C@@H]3COP(=O)(O)OC4C(O)[C@H](n5cnc6ccccc65)O[C@@H]4COP(=O)(O)OC3C2F)c(=O)[nH]1. The Morgan fingerprint density at radius 1 is 0.955 bits per heavy atom. The van der Waals surface area contributed by atoms with Crippen molar-refractivity contribution < 1.29 is 56.0 Å². The van der Waals surface area contributed by atoms with Crippen molar-refractivity contribution in [1.82, 2.24) is 29.1 Å². The lowest BCUT2D eigenvalue weighted by molar-refractivity contribution is -0.0662. The molecule has 3 saturated heterocycles. The lowest BCUT2D eigenvalue weighted by Crippen LogP contribution is -2.38. The number of nitrogens with zero attached hydrogens (tertiary/aromatic N) is 5. The lowest BCUT2D eigenvalue weighted by atomic mass is 10.1. The fourth-order valence-electron chi connectivity index (χ4n) is 5.41. The summed E-state index contributed by atoms with van der Waals surface area (Å²) >= 11 is 0. The molecular formula is C22H24FN7O12P2. The van der Waals surface area contributed by atoms with Crippen LogP contribution in [0.5, 0.6) is 0 Å². The first-order valence-corrected chi connectivity index (χ1v) is 16.0. The molecule has 3 aliphatic rings. The van der Waals surface area contributed by atoms with Crippen LogP contribution in [0.1, 0.15) is 12.5 Å². The molecule has 0 radical (unpaired) electrons. The van der Waals surface area contributed by atoms with Crippen molar-refractivity contribution in [3.05, 3.63) is 47.3 Å². The molecule has 10 atom stereocenters. The van der Waals surface area contributed by atoms with Crippen LogP contribution < -0.4 is 11.3 Å². The van der Waals surface area contributed by atoms with Crippen molar-refractivity contribution in [3.63, 3.8) is 0 Å². The van der Waals surface area contributed by atoms with E-state index in [1.165, 1.54) is 10.9 Å². The molecule has 4 aromatic rings. The summed E-state index contributed by atoms with van der Waals surface area (Å²) in [5, 5.41) is 11.1. The second-order valence-electron chi connectivity index (χ2n) is 10.1. The largest absolute Gasteiger partial charge is 0.472 e. The average molecular weight is 659 g/mol. The van der Waals surface area contributed by atoms with Gasteiger partial charge < -0.3 is 34.7 Å². The number of rotatable bonds is 2. The average Bonchev–Trinajstić information content (AvgIpc) is 3.72. The van der Waals surface area contributed by atoms with Crippen LogP contribution in [0.3, 0.4) is 0 Å². The minimum Gasteiger partial charge on any atom is -0.386 e. The Morgan fingerprint density at radius 2 is 1.59 bits per heavy atom. The van der Waals surface area contributed by atoms with Crippen molar-refractivity contribution >= 4 is 43.8 Å². The van der Waals surface area contributed by atoms with Crippen molar-refractivity contribution in [2.45, 2.75) is 49.1 Å². The Morgan fingerprint density at radius 3 is 2.34 bits per heavy atom. The molecule has 0 amide bonds. The predicted molar refractivity (Wildman–Crippen MR) is 142 cm³/mol. The molecule has 6 heterocycles. The van der Waals surface area contributed by atoms with Gasteiger partial charge in [0, 0.05) is 0 Å². The number of aliphatic hydroxyl groups is 1. The predicted octanol–water partition coefficient (Wildman–Crippen LogP) is 0.263. The van der Waals surface area contributed by atoms with Gasteiger partial charge in [-0.1, -0.05) is 12.1 Å². The third-order valence-electron chi connectivity index (χ3n) is 7.37. The summed E-state index contributed by atoms with van der Waals surface area (Å²) in [6, 6.07) is 6.90. The Kier molecular flexibility index (Phi) is 7.22. The highest BCUT2D eigenvalue weighted by molar-refractivity contribution is 7.47. The molecule has 0 aliphatic carbocycles. The monoisotopic (exact) mass is 659 g/mol. The highest BCUT2D eigenvalue weighted by Gasteiger charge is 2.54. The molecule has 19 nitrogen and oxygen atoms in total. The van der Waals surface area contributed by atoms with E-state index in [0.29, 0.717) is 11.0 Å². The molecule has 6 unspecified atom stereocenters. The van der Waals surface area contributed by atoms with Crippen LogP contribution in [0.25, 0.3) is 22.2 Å². The quantitative estimate of drug-likeness (QED) is 0.181. The summed E-state index contributed by atoms with van der Waals surface area (Å²) in [4.78, 5) is 47.6. The van der Waals surface area contributed by atoms with Gasteiger partial charge in [-0.2, -0.15) is 4.98 Å². The van der Waals surface area contributed by atoms with Gasteiger partial charge in [0.15, 0.2) is 29.8 Å². The van der Waals surface area contributed by atoms with E-state index in [1.54, 1.807) is 24.3 Å². The first-order valence-electron chi connectivity index (χ1n) is 13.0. The second kappa shape index (κ2) is 10.7. The number of nitrogens with one attached hydrogen (secondary N) is 1. The van der Waals surface area contributed by atoms with Gasteiger partial charge >= 0.3 is 15.6 Å². The summed E-state index contributed by atoms with van der Waals surface area (Å²) < 4.78 is 76.5. The summed E-state index contributed by atoms with van der Waals surface area (Å²) in [7, 11) is -10.1. The Balaban J connectivity index is 1.17. The Bertz CT molecular complexity index is 1890. The molecule has 236 valence electrons. The van der Waals surface area contributed by atoms with Gasteiger partial charge in [0.2, 0.25) is 5.95 Å². The maximum atomic E-state index is 15.9. The third-order valence-corrected chi connectivity index (χ3v) is 9.34. The molecule has 22 heteroatoms. The highest BCUT2D eigenvalue weighted by atomic mass is 31.2. The number of nitrogen functional groups attached to an aromatic ring is 1. The zero-order chi connectivity index (χ0) is 31.0. The number of fused-ring (bicyclic) bond motifs is 4. The van der Waals surface area contributed by atoms with E-state index in [4.69, 9.17) is 33.3 Å². The van der Waals surface area contributed by atoms with E-state index in [2.05, 4.69) is 19.9 Å². The molecule has 44 heavy (non-hydrogen) atoms. The number of phosphoric acid groups is 2. The number of phosphoric ester groups is 2. The van der Waals surface area contributed by atoms with Crippen LogP contribution in [-0.2, 0) is 36.7 Å². The van der Waals surface area contributed by atoms with Gasteiger partial charge in [0.25, 0.3) is 5.56 Å². The Labute approximate surface area is 244 Å². The molecule has 3 aromatic heterocycles. The molecule has 0 bridgehead atoms. The van der Waals surface area contributed by atoms with E-state index in [-0.39, 0.29) is 17.1 Å². The summed E-state index contributed by atoms with van der Waals surface area (Å²) in [5.41, 5.74) is 5.64. The molecule has 1 aromatic carbocycles. The first-order chi connectivity index (χ1) is 20.9. The van der Waals surface area contributed by atoms with Crippen LogP contribution in [0, 0.1) is 0 Å². The fraction of sp³-hybridized carbons (Fsp3) is 0.455. The number of aromatic amines is 1. The number of benzene rings is 1. The van der Waals surface area contributed by atoms with Gasteiger partial charge in [-0.25, -0.2) is 23.5 Å². The van der Waals surface area contributed by atoms with Gasteiger partial charge in [-0.15, -0.1) is 0 Å². The summed E-state index contributed by atoms with van der Waals surface area (Å²) in [6.45, 7) is -1.68. The number of para-hydroxylation sites is 2. The van der Waals surface area contributed by atoms with E-state index in [0.717, 1.165) is 10.9 Å². The molecule has 3 aliphatic heterocycles. The topological polar surface area (TPSA) is 258 Å². The lowest BCUT2D eigenvalue weighted by Gasteiger charge is -2.27. The molecule has 0 saturated carbocycles. The molecule has 6 N–H and O–H groups in total. The van der Waals surface area contributed by atoms with E-state index >= 15 is 4.39 Å². The number of aliphatic hydroxyl groups excluding tert-OH is 1. The van der Waals surface area contributed by atoms with E-state index in [9.17, 15) is 28.8 Å². The highest BCUT2D eigenvalue weighted by Crippen LogP contribution is 2.54. The molecular weight excluding hydrogens is 635 g/mol. The maximum Gasteiger partial charge on any atom is 0.472 e. The van der Waals surface area contributed by atoms with Crippen molar-refractivity contribution in [1.29, 1.82) is 0 Å². The summed E-state index contributed by atoms with van der Waals surface area (Å²) in [5.74, 6) is -0.297. The number of hydrogen-bond acceptors (Lipinski definition) is 14. The molecule has 0 spiro atoms. The van der Waals surface area contributed by atoms with Gasteiger partial charge in [-0.3, -0.25) is 32.4 Å². The zero-order valence-electron chi connectivity index (χ0n) is 22.1.